The Balaban J connectivity index is 2.52. The molecule has 2 N–H and O–H groups in total. The molecule has 25 heavy (non-hydrogen) atoms. The van der Waals surface area contributed by atoms with Gasteiger partial charge in [-0.25, -0.2) is 4.79 Å². The zero-order chi connectivity index (χ0) is 18.6. The van der Waals surface area contributed by atoms with Crippen LogP contribution in [-0.2, 0) is 4.79 Å². The molecule has 0 aliphatic carbocycles. The zero-order valence-electron chi connectivity index (χ0n) is 13.7. The largest absolute Gasteiger partial charge is 0.502 e. The first-order valence-electron chi connectivity index (χ1n) is 7.49. The van der Waals surface area contributed by atoms with E-state index >= 15 is 0 Å². The van der Waals surface area contributed by atoms with Crippen LogP contribution in [-0.4, -0.2) is 27.7 Å². The zero-order valence-corrected chi connectivity index (χ0v) is 13.7. The molecule has 2 rings (SSSR count). The first-order chi connectivity index (χ1) is 11.8. The summed E-state index contributed by atoms with van der Waals surface area (Å²) in [6.45, 7) is 4.11. The van der Waals surface area contributed by atoms with E-state index in [1.807, 2.05) is 6.92 Å². The highest BCUT2D eigenvalue weighted by atomic mass is 16.6. The minimum atomic E-state index is -1.16. The molecule has 130 valence electrons. The molecule has 0 fully saturated rings. The van der Waals surface area contributed by atoms with E-state index in [0.717, 1.165) is 12.1 Å². The van der Waals surface area contributed by atoms with Gasteiger partial charge < -0.3 is 14.9 Å². The summed E-state index contributed by atoms with van der Waals surface area (Å²) in [5, 5.41) is 29.9. The minimum Gasteiger partial charge on any atom is -0.502 e. The maximum Gasteiger partial charge on any atom is 0.336 e. The third-order valence-electron chi connectivity index (χ3n) is 3.54. The second-order valence-electron chi connectivity index (χ2n) is 5.28. The van der Waals surface area contributed by atoms with E-state index in [2.05, 4.69) is 0 Å². The average Bonchev–Trinajstić information content (AvgIpc) is 2.54. The maximum atomic E-state index is 11.7. The lowest BCUT2D eigenvalue weighted by molar-refractivity contribution is -0.385. The molecule has 0 unspecified atom stereocenters. The van der Waals surface area contributed by atoms with Crippen molar-refractivity contribution in [3.8, 4) is 11.5 Å². The van der Waals surface area contributed by atoms with Crippen LogP contribution in [0.25, 0.3) is 11.6 Å². The molecule has 0 aliphatic heterocycles. The van der Waals surface area contributed by atoms with Crippen LogP contribution >= 0.6 is 0 Å². The lowest BCUT2D eigenvalue weighted by Gasteiger charge is -2.10. The highest BCUT2D eigenvalue weighted by molar-refractivity contribution is 6.21. The summed E-state index contributed by atoms with van der Waals surface area (Å²) in [4.78, 5) is 21.9. The van der Waals surface area contributed by atoms with Crippen LogP contribution in [0.15, 0.2) is 36.4 Å². The highest BCUT2D eigenvalue weighted by Crippen LogP contribution is 2.30. The van der Waals surface area contributed by atoms with Gasteiger partial charge >= 0.3 is 11.7 Å². The number of hydrogen-bond donors (Lipinski definition) is 2. The predicted octanol–water partition coefficient (Wildman–Crippen LogP) is 3.63. The number of carbonyl (C=O) groups is 1. The molecule has 0 aliphatic rings. The number of rotatable bonds is 6. The molecule has 0 heterocycles. The Hall–Kier alpha value is -3.35. The maximum absolute atomic E-state index is 11.7. The molecular formula is C18H17NO6. The fourth-order valence-corrected chi connectivity index (χ4v) is 2.39. The van der Waals surface area contributed by atoms with E-state index in [9.17, 15) is 25.1 Å². The third kappa shape index (κ3) is 4.14. The Morgan fingerprint density at radius 1 is 1.28 bits per heavy atom. The second kappa shape index (κ2) is 7.48. The summed E-state index contributed by atoms with van der Waals surface area (Å²) in [6.07, 6.45) is 1.33. The van der Waals surface area contributed by atoms with Gasteiger partial charge in [0.2, 0.25) is 0 Å². The monoisotopic (exact) mass is 343 g/mol. The van der Waals surface area contributed by atoms with Gasteiger partial charge in [-0.1, -0.05) is 12.1 Å². The van der Waals surface area contributed by atoms with Gasteiger partial charge in [0.1, 0.15) is 5.75 Å². The van der Waals surface area contributed by atoms with Crippen molar-refractivity contribution in [1.29, 1.82) is 0 Å². The number of aromatic hydroxyl groups is 1. The van der Waals surface area contributed by atoms with Crippen molar-refractivity contribution < 1.29 is 24.7 Å². The Morgan fingerprint density at radius 3 is 2.56 bits per heavy atom. The van der Waals surface area contributed by atoms with Gasteiger partial charge in [0.15, 0.2) is 5.75 Å². The first-order valence-corrected chi connectivity index (χ1v) is 7.49. The quantitative estimate of drug-likeness (QED) is 0.359. The third-order valence-corrected chi connectivity index (χ3v) is 3.54. The normalized spacial score (nSPS) is 11.2. The first kappa shape index (κ1) is 18.0. The second-order valence-corrected chi connectivity index (χ2v) is 5.28. The number of hydrogen-bond acceptors (Lipinski definition) is 5. The molecule has 0 aromatic heterocycles. The number of benzene rings is 2. The number of nitrogens with zero attached hydrogens (tertiary/aromatic N) is 1. The minimum absolute atomic E-state index is 0.0134. The van der Waals surface area contributed by atoms with Crippen molar-refractivity contribution in [2.75, 3.05) is 6.61 Å². The van der Waals surface area contributed by atoms with Gasteiger partial charge in [0.05, 0.1) is 17.1 Å². The van der Waals surface area contributed by atoms with Crippen LogP contribution < -0.4 is 4.74 Å². The topological polar surface area (TPSA) is 110 Å². The van der Waals surface area contributed by atoms with E-state index in [0.29, 0.717) is 29.0 Å². The molecule has 0 saturated heterocycles. The van der Waals surface area contributed by atoms with Crippen molar-refractivity contribution in [1.82, 2.24) is 0 Å². The van der Waals surface area contributed by atoms with Gasteiger partial charge in [-0.15, -0.1) is 0 Å². The molecule has 2 aromatic rings. The van der Waals surface area contributed by atoms with Crippen LogP contribution in [0.3, 0.4) is 0 Å². The number of carboxylic acid groups (broad SMARTS) is 1. The van der Waals surface area contributed by atoms with E-state index in [1.54, 1.807) is 25.1 Å². The smallest absolute Gasteiger partial charge is 0.336 e. The summed E-state index contributed by atoms with van der Waals surface area (Å²) in [5.41, 5.74) is 0.984. The molecule has 0 atom stereocenters. The number of phenols is 1. The summed E-state index contributed by atoms with van der Waals surface area (Å²) >= 11 is 0. The highest BCUT2D eigenvalue weighted by Gasteiger charge is 2.17. The Kier molecular flexibility index (Phi) is 5.38. The summed E-state index contributed by atoms with van der Waals surface area (Å²) in [5.74, 6) is -1.01. The van der Waals surface area contributed by atoms with Crippen molar-refractivity contribution in [3.05, 3.63) is 63.2 Å². The molecule has 0 amide bonds. The van der Waals surface area contributed by atoms with Crippen molar-refractivity contribution in [2.45, 2.75) is 13.8 Å². The lowest BCUT2D eigenvalue weighted by Crippen LogP contribution is -2.02. The van der Waals surface area contributed by atoms with Crippen LogP contribution in [0.5, 0.6) is 11.5 Å². The van der Waals surface area contributed by atoms with Crippen molar-refractivity contribution in [2.24, 2.45) is 0 Å². The summed E-state index contributed by atoms with van der Waals surface area (Å²) in [7, 11) is 0. The van der Waals surface area contributed by atoms with Crippen LogP contribution in [0.2, 0.25) is 0 Å². The number of nitro benzene ring substituents is 1. The molecule has 7 heteroatoms. The SMILES string of the molecule is CCOc1ccc(/C(=C/c2ccc(O)c([N+](=O)[O-])c2)C(=O)O)c(C)c1. The van der Waals surface area contributed by atoms with Gasteiger partial charge in [-0.05, 0) is 54.8 Å². The van der Waals surface area contributed by atoms with Gasteiger partial charge in [0.25, 0.3) is 0 Å². The Morgan fingerprint density at radius 2 is 2.00 bits per heavy atom. The molecule has 0 saturated carbocycles. The summed E-state index contributed by atoms with van der Waals surface area (Å²) in [6, 6.07) is 8.73. The van der Waals surface area contributed by atoms with Crippen LogP contribution in [0.4, 0.5) is 5.69 Å². The van der Waals surface area contributed by atoms with E-state index in [-0.39, 0.29) is 5.57 Å². The standard InChI is InChI=1S/C18H17NO6/c1-3-25-13-5-6-14(11(2)8-13)15(18(21)22)9-12-4-7-17(20)16(10-12)19(23)24/h4-10,20H,3H2,1-2H3,(H,21,22)/b15-9-. The number of carboxylic acids is 1. The fraction of sp³-hybridized carbons (Fsp3) is 0.167. The average molecular weight is 343 g/mol. The van der Waals surface area contributed by atoms with Crippen LogP contribution in [0, 0.1) is 17.0 Å². The van der Waals surface area contributed by atoms with Crippen molar-refractivity contribution in [3.63, 3.8) is 0 Å². The number of aryl methyl sites for hydroxylation is 1. The predicted molar refractivity (Wildman–Crippen MR) is 92.6 cm³/mol. The van der Waals surface area contributed by atoms with Crippen LogP contribution in [0.1, 0.15) is 23.6 Å². The summed E-state index contributed by atoms with van der Waals surface area (Å²) < 4.78 is 5.39. The van der Waals surface area contributed by atoms with Gasteiger partial charge in [-0.2, -0.15) is 0 Å². The molecular weight excluding hydrogens is 326 g/mol. The molecule has 7 nitrogen and oxygen atoms in total. The lowest BCUT2D eigenvalue weighted by atomic mass is 9.98. The molecule has 0 spiro atoms. The number of aliphatic carboxylic acids is 1. The number of phenolic OH excluding ortho intramolecular Hbond substituents is 1. The van der Waals surface area contributed by atoms with Crippen molar-refractivity contribution >= 4 is 23.3 Å². The fourth-order valence-electron chi connectivity index (χ4n) is 2.39. The van der Waals surface area contributed by atoms with Gasteiger partial charge in [-0.3, -0.25) is 10.1 Å². The number of ether oxygens (including phenoxy) is 1. The number of nitro groups is 1. The van der Waals surface area contributed by atoms with Gasteiger partial charge in [0, 0.05) is 6.07 Å². The van der Waals surface area contributed by atoms with E-state index < -0.39 is 22.3 Å². The van der Waals surface area contributed by atoms with E-state index in [4.69, 9.17) is 4.74 Å². The molecule has 0 radical (unpaired) electrons. The molecule has 0 bridgehead atoms. The van der Waals surface area contributed by atoms with E-state index in [1.165, 1.54) is 12.1 Å². The Bertz CT molecular complexity index is 857. The Labute approximate surface area is 144 Å². The molecule has 2 aromatic carbocycles.